The number of aryl methyl sites for hydroxylation is 1. The predicted octanol–water partition coefficient (Wildman–Crippen LogP) is 2.44. The third kappa shape index (κ3) is 3.64. The van der Waals surface area contributed by atoms with Gasteiger partial charge in [0.05, 0.1) is 0 Å². The topological polar surface area (TPSA) is 41.1 Å². The fourth-order valence-corrected chi connectivity index (χ4v) is 2.66. The Morgan fingerprint density at radius 2 is 2.12 bits per heavy atom. The molecule has 1 aromatic rings. The predicted molar refractivity (Wildman–Crippen MR) is 73.2 cm³/mol. The summed E-state index contributed by atoms with van der Waals surface area (Å²) in [6.07, 6.45) is 2.67. The summed E-state index contributed by atoms with van der Waals surface area (Å²) >= 11 is 3.38. The second-order valence-corrected chi connectivity index (χ2v) is 5.41. The molecule has 0 saturated carbocycles. The monoisotopic (exact) mass is 298 g/mol. The summed E-state index contributed by atoms with van der Waals surface area (Å²) in [5.74, 6) is 1.69. The molecule has 94 valence electrons. The van der Waals surface area contributed by atoms with Crippen molar-refractivity contribution in [2.75, 3.05) is 25.0 Å². The minimum Gasteiger partial charge on any atom is -0.368 e. The van der Waals surface area contributed by atoms with Gasteiger partial charge in [-0.05, 0) is 55.7 Å². The van der Waals surface area contributed by atoms with Crippen LogP contribution in [0.15, 0.2) is 10.7 Å². The zero-order valence-corrected chi connectivity index (χ0v) is 12.0. The van der Waals surface area contributed by atoms with Crippen LogP contribution in [-0.2, 0) is 0 Å². The maximum absolute atomic E-state index is 4.36. The van der Waals surface area contributed by atoms with Crippen molar-refractivity contribution in [2.45, 2.75) is 32.7 Å². The smallest absolute Gasteiger partial charge is 0.130 e. The quantitative estimate of drug-likeness (QED) is 0.867. The molecule has 1 aliphatic rings. The van der Waals surface area contributed by atoms with E-state index in [1.165, 1.54) is 25.9 Å². The molecule has 0 radical (unpaired) electrons. The third-order valence-electron chi connectivity index (χ3n) is 3.15. The Balaban J connectivity index is 1.88. The van der Waals surface area contributed by atoms with Crippen LogP contribution < -0.4 is 5.32 Å². The number of hydrogen-bond acceptors (Lipinski definition) is 4. The van der Waals surface area contributed by atoms with E-state index in [0.717, 1.165) is 22.8 Å². The molecule has 2 heterocycles. The molecule has 17 heavy (non-hydrogen) atoms. The number of aromatic nitrogens is 2. The molecule has 1 saturated heterocycles. The Kier molecular flexibility index (Phi) is 4.34. The van der Waals surface area contributed by atoms with Crippen LogP contribution in [0, 0.1) is 6.92 Å². The fourth-order valence-electron chi connectivity index (χ4n) is 2.19. The van der Waals surface area contributed by atoms with Gasteiger partial charge in [-0.3, -0.25) is 4.90 Å². The maximum atomic E-state index is 4.36. The van der Waals surface area contributed by atoms with Gasteiger partial charge in [0.1, 0.15) is 16.2 Å². The number of hydrogen-bond donors (Lipinski definition) is 1. The molecule has 0 amide bonds. The number of likely N-dealkylation sites (tertiary alicyclic amines) is 1. The van der Waals surface area contributed by atoms with Crippen molar-refractivity contribution in [1.29, 1.82) is 0 Å². The number of nitrogens with one attached hydrogen (secondary N) is 1. The summed E-state index contributed by atoms with van der Waals surface area (Å²) < 4.78 is 0.835. The molecule has 5 heteroatoms. The lowest BCUT2D eigenvalue weighted by Gasteiger charge is -2.24. The van der Waals surface area contributed by atoms with Crippen molar-refractivity contribution >= 4 is 21.7 Å². The third-order valence-corrected chi connectivity index (χ3v) is 3.56. The van der Waals surface area contributed by atoms with E-state index < -0.39 is 0 Å². The summed E-state index contributed by atoms with van der Waals surface area (Å²) in [5.41, 5.74) is 0. The Hall–Kier alpha value is -0.680. The van der Waals surface area contributed by atoms with Crippen molar-refractivity contribution in [1.82, 2.24) is 14.9 Å². The van der Waals surface area contributed by atoms with Gasteiger partial charge in [-0.1, -0.05) is 0 Å². The molecule has 0 spiro atoms. The molecule has 1 aromatic heterocycles. The average Bonchev–Trinajstić information content (AvgIpc) is 2.78. The van der Waals surface area contributed by atoms with E-state index in [-0.39, 0.29) is 0 Å². The van der Waals surface area contributed by atoms with Crippen LogP contribution >= 0.6 is 15.9 Å². The van der Waals surface area contributed by atoms with E-state index in [9.17, 15) is 0 Å². The molecular weight excluding hydrogens is 280 g/mol. The van der Waals surface area contributed by atoms with E-state index in [0.29, 0.717) is 6.04 Å². The van der Waals surface area contributed by atoms with Crippen LogP contribution in [0.2, 0.25) is 0 Å². The first-order chi connectivity index (χ1) is 8.15. The SMILES string of the molecule is Cc1nc(Br)cc(NCC(C)N2CCCC2)n1. The van der Waals surface area contributed by atoms with E-state index in [2.05, 4.69) is 43.0 Å². The lowest BCUT2D eigenvalue weighted by molar-refractivity contribution is 0.269. The van der Waals surface area contributed by atoms with Gasteiger partial charge in [-0.15, -0.1) is 0 Å². The van der Waals surface area contributed by atoms with Gasteiger partial charge in [-0.2, -0.15) is 0 Å². The highest BCUT2D eigenvalue weighted by Gasteiger charge is 2.17. The second kappa shape index (κ2) is 5.78. The molecule has 2 rings (SSSR count). The molecule has 1 N–H and O–H groups in total. The first-order valence-corrected chi connectivity index (χ1v) is 6.93. The highest BCUT2D eigenvalue weighted by Crippen LogP contribution is 2.14. The normalized spacial score (nSPS) is 18.3. The van der Waals surface area contributed by atoms with Crippen molar-refractivity contribution in [3.05, 3.63) is 16.5 Å². The van der Waals surface area contributed by atoms with E-state index >= 15 is 0 Å². The summed E-state index contributed by atoms with van der Waals surface area (Å²) in [7, 11) is 0. The van der Waals surface area contributed by atoms with Crippen LogP contribution in [0.4, 0.5) is 5.82 Å². The van der Waals surface area contributed by atoms with Crippen LogP contribution in [0.25, 0.3) is 0 Å². The molecule has 0 bridgehead atoms. The summed E-state index contributed by atoms with van der Waals surface area (Å²) in [4.78, 5) is 11.1. The van der Waals surface area contributed by atoms with E-state index in [1.807, 2.05) is 13.0 Å². The van der Waals surface area contributed by atoms with Gasteiger partial charge >= 0.3 is 0 Å². The van der Waals surface area contributed by atoms with Gasteiger partial charge in [0.15, 0.2) is 0 Å². The van der Waals surface area contributed by atoms with Gasteiger partial charge < -0.3 is 5.32 Å². The van der Waals surface area contributed by atoms with Crippen molar-refractivity contribution in [3.63, 3.8) is 0 Å². The number of rotatable bonds is 4. The molecule has 1 atom stereocenters. The fraction of sp³-hybridized carbons (Fsp3) is 0.667. The Labute approximate surface area is 111 Å². The molecule has 1 unspecified atom stereocenters. The molecule has 4 nitrogen and oxygen atoms in total. The van der Waals surface area contributed by atoms with Crippen LogP contribution in [0.3, 0.4) is 0 Å². The van der Waals surface area contributed by atoms with Crippen molar-refractivity contribution < 1.29 is 0 Å². The largest absolute Gasteiger partial charge is 0.368 e. The van der Waals surface area contributed by atoms with Gasteiger partial charge in [0.25, 0.3) is 0 Å². The molecule has 0 aromatic carbocycles. The number of nitrogens with zero attached hydrogens (tertiary/aromatic N) is 3. The highest BCUT2D eigenvalue weighted by molar-refractivity contribution is 9.10. The van der Waals surface area contributed by atoms with Gasteiger partial charge in [0, 0.05) is 18.7 Å². The van der Waals surface area contributed by atoms with Gasteiger partial charge in [0.2, 0.25) is 0 Å². The van der Waals surface area contributed by atoms with Crippen LogP contribution in [0.5, 0.6) is 0 Å². The first-order valence-electron chi connectivity index (χ1n) is 6.14. The Bertz CT molecular complexity index is 357. The first kappa shape index (κ1) is 12.8. The average molecular weight is 299 g/mol. The van der Waals surface area contributed by atoms with E-state index in [1.54, 1.807) is 0 Å². The number of halogens is 1. The zero-order chi connectivity index (χ0) is 12.3. The Morgan fingerprint density at radius 1 is 1.41 bits per heavy atom. The number of anilines is 1. The minimum atomic E-state index is 0.562. The summed E-state index contributed by atoms with van der Waals surface area (Å²) in [5, 5.41) is 3.38. The Morgan fingerprint density at radius 3 is 2.76 bits per heavy atom. The molecule has 0 aliphatic carbocycles. The zero-order valence-electron chi connectivity index (χ0n) is 10.4. The van der Waals surface area contributed by atoms with Crippen molar-refractivity contribution in [3.8, 4) is 0 Å². The summed E-state index contributed by atoms with van der Waals surface area (Å²) in [6.45, 7) is 7.56. The molecular formula is C12H19BrN4. The molecule has 1 fully saturated rings. The van der Waals surface area contributed by atoms with E-state index in [4.69, 9.17) is 0 Å². The molecule has 1 aliphatic heterocycles. The van der Waals surface area contributed by atoms with Crippen LogP contribution in [-0.4, -0.2) is 40.5 Å². The minimum absolute atomic E-state index is 0.562. The van der Waals surface area contributed by atoms with Crippen molar-refractivity contribution in [2.24, 2.45) is 0 Å². The lowest BCUT2D eigenvalue weighted by atomic mass is 10.3. The maximum Gasteiger partial charge on any atom is 0.130 e. The van der Waals surface area contributed by atoms with Gasteiger partial charge in [-0.25, -0.2) is 9.97 Å². The standard InChI is InChI=1S/C12H19BrN4/c1-9(17-5-3-4-6-17)8-14-12-7-11(13)15-10(2)16-12/h7,9H,3-6,8H2,1-2H3,(H,14,15,16). The van der Waals surface area contributed by atoms with Crippen LogP contribution in [0.1, 0.15) is 25.6 Å². The summed E-state index contributed by atoms with van der Waals surface area (Å²) in [6, 6.07) is 2.48. The lowest BCUT2D eigenvalue weighted by Crippen LogP contribution is -2.35. The second-order valence-electron chi connectivity index (χ2n) is 4.60. The highest BCUT2D eigenvalue weighted by atomic mass is 79.9.